The average Bonchev–Trinajstić information content (AvgIpc) is 2.78. The van der Waals surface area contributed by atoms with Gasteiger partial charge in [0, 0.05) is 17.9 Å². The molecule has 5 heteroatoms. The molecule has 3 aromatic carbocycles. The first-order valence-electron chi connectivity index (χ1n) is 9.48. The number of nitro benzene ring substituents is 1. The van der Waals surface area contributed by atoms with E-state index in [1.54, 1.807) is 36.6 Å². The molecule has 0 fully saturated rings. The van der Waals surface area contributed by atoms with E-state index in [1.807, 2.05) is 61.5 Å². The highest BCUT2D eigenvalue weighted by Crippen LogP contribution is 2.20. The van der Waals surface area contributed by atoms with E-state index in [0.29, 0.717) is 12.1 Å². The second-order valence-electron chi connectivity index (χ2n) is 6.51. The lowest BCUT2D eigenvalue weighted by molar-refractivity contribution is -0.385. The van der Waals surface area contributed by atoms with Gasteiger partial charge in [-0.05, 0) is 48.2 Å². The van der Waals surface area contributed by atoms with Gasteiger partial charge in [0.15, 0.2) is 0 Å². The van der Waals surface area contributed by atoms with E-state index in [9.17, 15) is 10.1 Å². The Bertz CT molecular complexity index is 1140. The molecule has 148 valence electrons. The van der Waals surface area contributed by atoms with Gasteiger partial charge in [-0.25, -0.2) is 4.99 Å². The van der Waals surface area contributed by atoms with E-state index in [0.717, 1.165) is 22.4 Å². The van der Waals surface area contributed by atoms with E-state index in [4.69, 9.17) is 0 Å². The summed E-state index contributed by atoms with van der Waals surface area (Å²) in [5.41, 5.74) is 4.44. The van der Waals surface area contributed by atoms with Crippen molar-refractivity contribution < 1.29 is 4.92 Å². The fourth-order valence-corrected chi connectivity index (χ4v) is 2.80. The Hall–Kier alpha value is -4.08. The summed E-state index contributed by atoms with van der Waals surface area (Å²) in [5.74, 6) is 3.11. The van der Waals surface area contributed by atoms with Crippen LogP contribution in [0.2, 0.25) is 0 Å². The number of aliphatic imine (C=N–C) groups is 2. The molecule has 30 heavy (non-hydrogen) atoms. The summed E-state index contributed by atoms with van der Waals surface area (Å²) >= 11 is 0. The molecule has 0 amide bonds. The maximum atomic E-state index is 11.1. The van der Waals surface area contributed by atoms with Crippen molar-refractivity contribution in [1.82, 2.24) is 0 Å². The van der Waals surface area contributed by atoms with Crippen LogP contribution in [-0.2, 0) is 6.54 Å². The first-order valence-corrected chi connectivity index (χ1v) is 9.48. The number of nitro groups is 1. The summed E-state index contributed by atoms with van der Waals surface area (Å²) in [7, 11) is 0. The van der Waals surface area contributed by atoms with Crippen molar-refractivity contribution in [3.8, 4) is 0 Å². The molecule has 0 saturated carbocycles. The van der Waals surface area contributed by atoms with E-state index in [-0.39, 0.29) is 5.69 Å². The lowest BCUT2D eigenvalue weighted by Crippen LogP contribution is -1.90. The predicted molar refractivity (Wildman–Crippen MR) is 123 cm³/mol. The van der Waals surface area contributed by atoms with Crippen LogP contribution in [0.5, 0.6) is 0 Å². The normalized spacial score (nSPS) is 10.8. The summed E-state index contributed by atoms with van der Waals surface area (Å²) in [4.78, 5) is 19.6. The molecule has 5 nitrogen and oxygen atoms in total. The van der Waals surface area contributed by atoms with Crippen LogP contribution in [-0.4, -0.2) is 17.0 Å². The molecule has 0 aliphatic rings. The molecule has 3 rings (SSSR count). The molecule has 0 atom stereocenters. The lowest BCUT2D eigenvalue weighted by Gasteiger charge is -2.01. The fraction of sp³-hybridized carbons (Fsp3) is 0.0800. The van der Waals surface area contributed by atoms with Crippen molar-refractivity contribution >= 4 is 35.1 Å². The van der Waals surface area contributed by atoms with Gasteiger partial charge in [0.1, 0.15) is 0 Å². The topological polar surface area (TPSA) is 67.9 Å². The molecular weight excluding hydrogens is 374 g/mol. The second-order valence-corrected chi connectivity index (χ2v) is 6.51. The maximum absolute atomic E-state index is 11.1. The second kappa shape index (κ2) is 10.5. The SMILES string of the molecule is CC(=C=Nc1ccccc1CN=C/C=C/c1ccccc1[N+](=O)[O-])c1ccccc1. The third kappa shape index (κ3) is 5.71. The zero-order chi connectivity index (χ0) is 21.2. The van der Waals surface area contributed by atoms with Crippen molar-refractivity contribution in [3.05, 3.63) is 112 Å². The Kier molecular flexibility index (Phi) is 7.20. The predicted octanol–water partition coefficient (Wildman–Crippen LogP) is 6.28. The largest absolute Gasteiger partial charge is 0.288 e. The summed E-state index contributed by atoms with van der Waals surface area (Å²) in [6.45, 7) is 2.43. The smallest absolute Gasteiger partial charge is 0.276 e. The van der Waals surface area contributed by atoms with Crippen molar-refractivity contribution in [2.45, 2.75) is 13.5 Å². The molecule has 0 unspecified atom stereocenters. The molecule has 0 saturated heterocycles. The number of benzene rings is 3. The van der Waals surface area contributed by atoms with Crippen molar-refractivity contribution in [3.63, 3.8) is 0 Å². The highest BCUT2D eigenvalue weighted by molar-refractivity contribution is 5.89. The number of para-hydroxylation sites is 2. The quantitative estimate of drug-likeness (QED) is 0.268. The Morgan fingerprint density at radius 1 is 1.00 bits per heavy atom. The Morgan fingerprint density at radius 2 is 1.70 bits per heavy atom. The number of rotatable bonds is 7. The monoisotopic (exact) mass is 395 g/mol. The van der Waals surface area contributed by atoms with Crippen LogP contribution in [0.15, 0.2) is 94.9 Å². The Balaban J connectivity index is 1.71. The van der Waals surface area contributed by atoms with Gasteiger partial charge in [0.05, 0.1) is 22.7 Å². The van der Waals surface area contributed by atoms with Gasteiger partial charge >= 0.3 is 0 Å². The number of hydrogen-bond donors (Lipinski definition) is 0. The van der Waals surface area contributed by atoms with Crippen LogP contribution in [0.1, 0.15) is 23.6 Å². The minimum Gasteiger partial charge on any atom is -0.288 e. The third-order valence-corrected chi connectivity index (χ3v) is 4.40. The molecule has 3 aromatic rings. The van der Waals surface area contributed by atoms with Crippen LogP contribution >= 0.6 is 0 Å². The first kappa shape index (κ1) is 20.6. The van der Waals surface area contributed by atoms with Crippen LogP contribution in [0.4, 0.5) is 11.4 Å². The number of allylic oxidation sites excluding steroid dienone is 2. The number of nitrogens with zero attached hydrogens (tertiary/aromatic N) is 3. The van der Waals surface area contributed by atoms with Crippen LogP contribution in [0.3, 0.4) is 0 Å². The molecule has 0 spiro atoms. The summed E-state index contributed by atoms with van der Waals surface area (Å²) < 4.78 is 0. The van der Waals surface area contributed by atoms with E-state index in [2.05, 4.69) is 15.9 Å². The van der Waals surface area contributed by atoms with Crippen molar-refractivity contribution in [2.75, 3.05) is 0 Å². The molecule has 0 radical (unpaired) electrons. The minimum atomic E-state index is -0.393. The van der Waals surface area contributed by atoms with Crippen LogP contribution in [0.25, 0.3) is 11.6 Å². The molecule has 0 heterocycles. The van der Waals surface area contributed by atoms with Gasteiger partial charge in [-0.15, -0.1) is 0 Å². The van der Waals surface area contributed by atoms with Crippen molar-refractivity contribution in [1.29, 1.82) is 0 Å². The summed E-state index contributed by atoms with van der Waals surface area (Å²) in [5, 5.41) is 11.1. The van der Waals surface area contributed by atoms with E-state index in [1.165, 1.54) is 6.07 Å². The molecule has 0 N–H and O–H groups in total. The van der Waals surface area contributed by atoms with Gasteiger partial charge in [0.2, 0.25) is 0 Å². The van der Waals surface area contributed by atoms with Gasteiger partial charge in [-0.1, -0.05) is 60.7 Å². The highest BCUT2D eigenvalue weighted by atomic mass is 16.6. The van der Waals surface area contributed by atoms with Gasteiger partial charge in [-0.2, -0.15) is 0 Å². The standard InChI is InChI=1S/C25H21N3O2/c1-20(21-10-3-2-4-11-21)18-27-24-15-7-5-13-23(24)19-26-17-9-14-22-12-6-8-16-25(22)28(29)30/h2-17H,19H2,1H3/b14-9+,26-17?. The molecule has 0 bridgehead atoms. The van der Waals surface area contributed by atoms with Gasteiger partial charge in [0.25, 0.3) is 5.69 Å². The summed E-state index contributed by atoms with van der Waals surface area (Å²) in [6.07, 6.45) is 5.02. The molecule has 0 aliphatic heterocycles. The third-order valence-electron chi connectivity index (χ3n) is 4.40. The van der Waals surface area contributed by atoms with Crippen LogP contribution < -0.4 is 0 Å². The van der Waals surface area contributed by atoms with Crippen LogP contribution in [0, 0.1) is 10.1 Å². The number of hydrogen-bond acceptors (Lipinski definition) is 4. The zero-order valence-corrected chi connectivity index (χ0v) is 16.6. The minimum absolute atomic E-state index is 0.0717. The molecular formula is C25H21N3O2. The Labute approximate surface area is 175 Å². The van der Waals surface area contributed by atoms with E-state index < -0.39 is 4.92 Å². The van der Waals surface area contributed by atoms with Gasteiger partial charge < -0.3 is 0 Å². The summed E-state index contributed by atoms with van der Waals surface area (Å²) in [6, 6.07) is 24.4. The maximum Gasteiger partial charge on any atom is 0.276 e. The first-order chi connectivity index (χ1) is 14.6. The highest BCUT2D eigenvalue weighted by Gasteiger charge is 2.08. The Morgan fingerprint density at radius 3 is 2.50 bits per heavy atom. The zero-order valence-electron chi connectivity index (χ0n) is 16.6. The lowest BCUT2D eigenvalue weighted by atomic mass is 10.1. The fourth-order valence-electron chi connectivity index (χ4n) is 2.80. The molecule has 0 aromatic heterocycles. The average molecular weight is 395 g/mol. The van der Waals surface area contributed by atoms with Crippen molar-refractivity contribution in [2.24, 2.45) is 9.98 Å². The van der Waals surface area contributed by atoms with Gasteiger partial charge in [-0.3, -0.25) is 15.1 Å². The molecule has 0 aliphatic carbocycles. The van der Waals surface area contributed by atoms with E-state index >= 15 is 0 Å².